The average Bonchev–Trinajstić information content (AvgIpc) is 3.75. The van der Waals surface area contributed by atoms with E-state index in [0.29, 0.717) is 43.4 Å². The van der Waals surface area contributed by atoms with Gasteiger partial charge in [-0.25, -0.2) is 19.4 Å². The number of amides is 3. The molecule has 0 bridgehead atoms. The Balaban J connectivity index is 1.14. The molecule has 224 valence electrons. The van der Waals surface area contributed by atoms with Gasteiger partial charge in [-0.2, -0.15) is 16.4 Å². The van der Waals surface area contributed by atoms with Crippen LogP contribution in [0.1, 0.15) is 29.2 Å². The highest BCUT2D eigenvalue weighted by molar-refractivity contribution is 7.08. The summed E-state index contributed by atoms with van der Waals surface area (Å²) in [6.45, 7) is 3.98. The van der Waals surface area contributed by atoms with Crippen molar-refractivity contribution in [2.45, 2.75) is 18.9 Å². The second-order valence-electron chi connectivity index (χ2n) is 10.7. The number of anilines is 3. The maximum Gasteiger partial charge on any atom is 0.323 e. The van der Waals surface area contributed by atoms with Gasteiger partial charge in [0.05, 0.1) is 42.1 Å². The molecule has 1 aromatic carbocycles. The van der Waals surface area contributed by atoms with Gasteiger partial charge < -0.3 is 25.2 Å². The van der Waals surface area contributed by atoms with Crippen molar-refractivity contribution in [1.82, 2.24) is 29.6 Å². The van der Waals surface area contributed by atoms with Crippen LogP contribution >= 0.6 is 11.3 Å². The number of benzene rings is 1. The molecule has 2 aliphatic rings. The fourth-order valence-electron chi connectivity index (χ4n) is 5.64. The molecule has 12 nitrogen and oxygen atoms in total. The van der Waals surface area contributed by atoms with Crippen molar-refractivity contribution in [3.63, 3.8) is 0 Å². The fourth-order valence-corrected chi connectivity index (χ4v) is 6.23. The third kappa shape index (κ3) is 5.83. The lowest BCUT2D eigenvalue weighted by molar-refractivity contribution is 0.0691. The molecular formula is C31H31N9O3S. The first kappa shape index (κ1) is 27.9. The molecule has 5 aromatic rings. The lowest BCUT2D eigenvalue weighted by atomic mass is 10.0. The van der Waals surface area contributed by atoms with E-state index in [-0.39, 0.29) is 18.0 Å². The number of aromatic nitrogens is 5. The molecular weight excluding hydrogens is 578 g/mol. The van der Waals surface area contributed by atoms with Crippen LogP contribution in [0.2, 0.25) is 0 Å². The standard InChI is InChI=1S/C31H31N9O3S/c41-30(22-2-1-10-32-18-22)39-11-7-25(8-12-39)40-29-26(19-33-40)28(38-13-15-43-16-14-38)36-27(37-29)21-3-5-23(6-4-21)34-31(42)35-24-9-17-44-20-24/h1-6,9-10,17-20,25H,7-8,11-16H2,(H2,34,35,42). The summed E-state index contributed by atoms with van der Waals surface area (Å²) in [4.78, 5) is 43.6. The summed E-state index contributed by atoms with van der Waals surface area (Å²) in [5, 5.41) is 15.2. The van der Waals surface area contributed by atoms with Crippen LogP contribution in [-0.2, 0) is 4.74 Å². The molecule has 2 N–H and O–H groups in total. The minimum Gasteiger partial charge on any atom is -0.378 e. The van der Waals surface area contributed by atoms with Crippen LogP contribution in [0.15, 0.2) is 71.8 Å². The Morgan fingerprint density at radius 2 is 1.70 bits per heavy atom. The average molecular weight is 610 g/mol. The smallest absolute Gasteiger partial charge is 0.323 e. The third-order valence-corrected chi connectivity index (χ3v) is 8.61. The molecule has 6 heterocycles. The highest BCUT2D eigenvalue weighted by atomic mass is 32.1. The van der Waals surface area contributed by atoms with Crippen LogP contribution in [0.5, 0.6) is 0 Å². The van der Waals surface area contributed by atoms with Crippen molar-refractivity contribution in [3.05, 3.63) is 77.4 Å². The molecule has 2 fully saturated rings. The first-order valence-electron chi connectivity index (χ1n) is 14.6. The number of piperidine rings is 1. The Hall–Kier alpha value is -4.88. The van der Waals surface area contributed by atoms with Gasteiger partial charge >= 0.3 is 6.03 Å². The Morgan fingerprint density at radius 3 is 2.43 bits per heavy atom. The molecule has 4 aromatic heterocycles. The summed E-state index contributed by atoms with van der Waals surface area (Å²) >= 11 is 1.52. The van der Waals surface area contributed by atoms with Gasteiger partial charge in [0.15, 0.2) is 11.5 Å². The zero-order valence-corrected chi connectivity index (χ0v) is 24.7. The number of carbonyl (C=O) groups is 2. The van der Waals surface area contributed by atoms with Gasteiger partial charge in [-0.15, -0.1) is 0 Å². The van der Waals surface area contributed by atoms with Crippen LogP contribution < -0.4 is 15.5 Å². The minimum absolute atomic E-state index is 0.00275. The number of thiophene rings is 1. The maximum absolute atomic E-state index is 13.0. The van der Waals surface area contributed by atoms with Crippen molar-refractivity contribution in [2.24, 2.45) is 0 Å². The second kappa shape index (κ2) is 12.4. The highest BCUT2D eigenvalue weighted by Crippen LogP contribution is 2.32. The molecule has 13 heteroatoms. The molecule has 2 aliphatic heterocycles. The number of nitrogens with zero attached hydrogens (tertiary/aromatic N) is 7. The quantitative estimate of drug-likeness (QED) is 0.278. The van der Waals surface area contributed by atoms with Crippen LogP contribution in [0, 0.1) is 0 Å². The van der Waals surface area contributed by atoms with Crippen molar-refractivity contribution < 1.29 is 14.3 Å². The predicted molar refractivity (Wildman–Crippen MR) is 169 cm³/mol. The topological polar surface area (TPSA) is 130 Å². The van der Waals surface area contributed by atoms with Crippen LogP contribution in [-0.4, -0.2) is 81.0 Å². The molecule has 0 unspecified atom stereocenters. The molecule has 44 heavy (non-hydrogen) atoms. The van der Waals surface area contributed by atoms with Crippen molar-refractivity contribution in [1.29, 1.82) is 0 Å². The summed E-state index contributed by atoms with van der Waals surface area (Å²) < 4.78 is 7.61. The summed E-state index contributed by atoms with van der Waals surface area (Å²) in [5.41, 5.74) is 3.62. The van der Waals surface area contributed by atoms with Crippen molar-refractivity contribution >= 4 is 51.5 Å². The van der Waals surface area contributed by atoms with E-state index in [4.69, 9.17) is 19.8 Å². The number of rotatable bonds is 6. The molecule has 0 atom stereocenters. The molecule has 0 saturated carbocycles. The number of morpholine rings is 1. The second-order valence-corrected chi connectivity index (χ2v) is 11.5. The van der Waals surface area contributed by atoms with Crippen molar-refractivity contribution in [2.75, 3.05) is 54.9 Å². The zero-order valence-electron chi connectivity index (χ0n) is 23.9. The van der Waals surface area contributed by atoms with E-state index in [9.17, 15) is 9.59 Å². The van der Waals surface area contributed by atoms with E-state index < -0.39 is 0 Å². The molecule has 3 amide bonds. The summed E-state index contributed by atoms with van der Waals surface area (Å²) in [5.74, 6) is 1.42. The lowest BCUT2D eigenvalue weighted by Gasteiger charge is -2.32. The van der Waals surface area contributed by atoms with Crippen molar-refractivity contribution in [3.8, 4) is 11.4 Å². The summed E-state index contributed by atoms with van der Waals surface area (Å²) in [6, 6.07) is 12.7. The monoisotopic (exact) mass is 609 g/mol. The lowest BCUT2D eigenvalue weighted by Crippen LogP contribution is -2.39. The molecule has 0 spiro atoms. The Bertz CT molecular complexity index is 1750. The Kier molecular flexibility index (Phi) is 7.86. The van der Waals surface area contributed by atoms with Crippen LogP contribution in [0.25, 0.3) is 22.4 Å². The first-order valence-corrected chi connectivity index (χ1v) is 15.5. The molecule has 0 radical (unpaired) electrons. The van der Waals surface area contributed by atoms with Gasteiger partial charge in [-0.3, -0.25) is 9.78 Å². The van der Waals surface area contributed by atoms with E-state index in [1.54, 1.807) is 24.5 Å². The number of nitrogens with one attached hydrogen (secondary N) is 2. The maximum atomic E-state index is 13.0. The fraction of sp³-hybridized carbons (Fsp3) is 0.290. The third-order valence-electron chi connectivity index (χ3n) is 7.93. The number of carbonyl (C=O) groups excluding carboxylic acids is 2. The minimum atomic E-state index is -0.305. The van der Waals surface area contributed by atoms with E-state index in [1.807, 2.05) is 56.9 Å². The Labute approximate surface area is 257 Å². The molecule has 2 saturated heterocycles. The van der Waals surface area contributed by atoms with Gasteiger partial charge in [-0.1, -0.05) is 0 Å². The Morgan fingerprint density at radius 1 is 0.909 bits per heavy atom. The first-order chi connectivity index (χ1) is 21.6. The summed E-state index contributed by atoms with van der Waals surface area (Å²) in [6.07, 6.45) is 6.68. The number of ether oxygens (including phenoxy) is 1. The van der Waals surface area contributed by atoms with Crippen LogP contribution in [0.4, 0.5) is 22.0 Å². The normalized spacial score (nSPS) is 15.8. The zero-order chi connectivity index (χ0) is 29.9. The van der Waals surface area contributed by atoms with Gasteiger partial charge in [0.25, 0.3) is 5.91 Å². The van der Waals surface area contributed by atoms with E-state index in [0.717, 1.165) is 54.0 Å². The summed E-state index contributed by atoms with van der Waals surface area (Å²) in [7, 11) is 0. The van der Waals surface area contributed by atoms with E-state index in [1.165, 1.54) is 11.3 Å². The number of likely N-dealkylation sites (tertiary alicyclic amines) is 1. The number of hydrogen-bond acceptors (Lipinski definition) is 9. The number of hydrogen-bond donors (Lipinski definition) is 2. The van der Waals surface area contributed by atoms with Gasteiger partial charge in [0.1, 0.15) is 5.82 Å². The molecule has 0 aliphatic carbocycles. The van der Waals surface area contributed by atoms with Gasteiger partial charge in [0, 0.05) is 55.2 Å². The van der Waals surface area contributed by atoms with Crippen LogP contribution in [0.3, 0.4) is 0 Å². The SMILES string of the molecule is O=C(Nc1ccc(-c2nc(N3CCOCC3)c3cnn(C4CCN(C(=O)c5cccnc5)CC4)c3n2)cc1)Nc1ccsc1. The number of urea groups is 1. The van der Waals surface area contributed by atoms with Gasteiger partial charge in [0.2, 0.25) is 0 Å². The van der Waals surface area contributed by atoms with E-state index >= 15 is 0 Å². The predicted octanol–water partition coefficient (Wildman–Crippen LogP) is 4.91. The highest BCUT2D eigenvalue weighted by Gasteiger charge is 2.28. The number of fused-ring (bicyclic) bond motifs is 1. The molecule has 7 rings (SSSR count). The van der Waals surface area contributed by atoms with E-state index in [2.05, 4.69) is 20.5 Å². The number of pyridine rings is 1. The largest absolute Gasteiger partial charge is 0.378 e. The van der Waals surface area contributed by atoms with Gasteiger partial charge in [-0.05, 0) is 60.7 Å².